The molecule has 0 aliphatic carbocycles. The molecule has 0 amide bonds. The smallest absolute Gasteiger partial charge is 0.139 e. The first-order valence-corrected chi connectivity index (χ1v) is 9.01. The van der Waals surface area contributed by atoms with Crippen molar-refractivity contribution in [3.05, 3.63) is 26.8 Å². The second-order valence-electron chi connectivity index (χ2n) is 5.48. The highest BCUT2D eigenvalue weighted by Gasteiger charge is 2.31. The number of nitrogens with zero attached hydrogens (tertiary/aromatic N) is 3. The van der Waals surface area contributed by atoms with Crippen LogP contribution in [0.3, 0.4) is 0 Å². The lowest BCUT2D eigenvalue weighted by molar-refractivity contribution is 0.0842. The van der Waals surface area contributed by atoms with Gasteiger partial charge in [0.2, 0.25) is 0 Å². The van der Waals surface area contributed by atoms with Crippen molar-refractivity contribution in [2.75, 3.05) is 25.1 Å². The molecule has 2 aliphatic heterocycles. The second-order valence-corrected chi connectivity index (χ2v) is 7.20. The number of fused-ring (bicyclic) bond motifs is 1. The molecule has 0 radical (unpaired) electrons. The minimum Gasteiger partial charge on any atom is -0.381 e. The van der Waals surface area contributed by atoms with E-state index >= 15 is 0 Å². The summed E-state index contributed by atoms with van der Waals surface area (Å²) >= 11 is 5.47. The first-order chi connectivity index (χ1) is 10.3. The third kappa shape index (κ3) is 2.41. The average Bonchev–Trinajstić information content (AvgIpc) is 3.17. The Morgan fingerprint density at radius 2 is 2.19 bits per heavy atom. The van der Waals surface area contributed by atoms with Gasteiger partial charge in [-0.2, -0.15) is 5.10 Å². The van der Waals surface area contributed by atoms with Crippen LogP contribution in [-0.2, 0) is 4.74 Å². The molecule has 21 heavy (non-hydrogen) atoms. The van der Waals surface area contributed by atoms with Crippen LogP contribution in [0, 0.1) is 0 Å². The molecule has 5 nitrogen and oxygen atoms in total. The van der Waals surface area contributed by atoms with Gasteiger partial charge in [-0.15, -0.1) is 11.3 Å². The van der Waals surface area contributed by atoms with E-state index < -0.39 is 0 Å². The Hall–Kier alpha value is -0.920. The van der Waals surface area contributed by atoms with Gasteiger partial charge in [0, 0.05) is 37.3 Å². The molecule has 2 aromatic heterocycles. The Labute approximate surface area is 135 Å². The molecule has 1 unspecified atom stereocenters. The third-order valence-corrected chi connectivity index (χ3v) is 5.89. The highest BCUT2D eigenvalue weighted by atomic mass is 79.9. The molecule has 4 rings (SSSR count). The summed E-state index contributed by atoms with van der Waals surface area (Å²) in [5.41, 5.74) is 1.17. The minimum absolute atomic E-state index is 0.256. The third-order valence-electron chi connectivity index (χ3n) is 4.23. The van der Waals surface area contributed by atoms with E-state index in [0.29, 0.717) is 5.92 Å². The van der Waals surface area contributed by atoms with Gasteiger partial charge in [0.25, 0.3) is 0 Å². The molecule has 7 heteroatoms. The SMILES string of the molecule is Brc1c(C2CCOCC2)nn2c1NCCC2c1nccs1. The molecule has 0 spiro atoms. The summed E-state index contributed by atoms with van der Waals surface area (Å²) in [7, 11) is 0. The van der Waals surface area contributed by atoms with E-state index in [9.17, 15) is 0 Å². The summed E-state index contributed by atoms with van der Waals surface area (Å²) in [5, 5.41) is 11.6. The van der Waals surface area contributed by atoms with Crippen molar-refractivity contribution in [1.29, 1.82) is 0 Å². The number of aromatic nitrogens is 3. The lowest BCUT2D eigenvalue weighted by Gasteiger charge is -2.24. The standard InChI is InChI=1S/C14H17BrN4OS/c15-11-12(9-2-6-20-7-3-9)18-19-10(1-4-16-13(11)19)14-17-5-8-21-14/h5,8-10,16H,1-4,6-7H2. The van der Waals surface area contributed by atoms with E-state index in [4.69, 9.17) is 9.84 Å². The van der Waals surface area contributed by atoms with Gasteiger partial charge in [0.1, 0.15) is 16.9 Å². The van der Waals surface area contributed by atoms with Crippen molar-refractivity contribution in [3.63, 3.8) is 0 Å². The van der Waals surface area contributed by atoms with Gasteiger partial charge in [0.15, 0.2) is 0 Å². The van der Waals surface area contributed by atoms with E-state index in [1.54, 1.807) is 11.3 Å². The molecule has 112 valence electrons. The van der Waals surface area contributed by atoms with E-state index in [1.165, 1.54) is 5.69 Å². The maximum Gasteiger partial charge on any atom is 0.139 e. The van der Waals surface area contributed by atoms with Crippen molar-refractivity contribution in [1.82, 2.24) is 14.8 Å². The van der Waals surface area contributed by atoms with E-state index in [1.807, 2.05) is 11.6 Å². The van der Waals surface area contributed by atoms with Gasteiger partial charge in [-0.05, 0) is 35.2 Å². The Balaban J connectivity index is 1.72. The Bertz CT molecular complexity index is 621. The van der Waals surface area contributed by atoms with Crippen LogP contribution in [0.5, 0.6) is 0 Å². The largest absolute Gasteiger partial charge is 0.381 e. The topological polar surface area (TPSA) is 52.0 Å². The summed E-state index contributed by atoms with van der Waals surface area (Å²) < 4.78 is 8.71. The number of hydrogen-bond donors (Lipinski definition) is 1. The lowest BCUT2D eigenvalue weighted by Crippen LogP contribution is -2.24. The second kappa shape index (κ2) is 5.70. The number of hydrogen-bond acceptors (Lipinski definition) is 5. The highest BCUT2D eigenvalue weighted by Crippen LogP contribution is 2.40. The summed E-state index contributed by atoms with van der Waals surface area (Å²) in [5.74, 6) is 1.59. The van der Waals surface area contributed by atoms with Crippen LogP contribution in [0.2, 0.25) is 0 Å². The zero-order valence-electron chi connectivity index (χ0n) is 11.6. The molecule has 1 saturated heterocycles. The van der Waals surface area contributed by atoms with Crippen LogP contribution >= 0.6 is 27.3 Å². The fraction of sp³-hybridized carbons (Fsp3) is 0.571. The molecular formula is C14H17BrN4OS. The average molecular weight is 369 g/mol. The predicted molar refractivity (Wildman–Crippen MR) is 86.1 cm³/mol. The highest BCUT2D eigenvalue weighted by molar-refractivity contribution is 9.10. The molecule has 2 aromatic rings. The molecule has 1 atom stereocenters. The Morgan fingerprint density at radius 3 is 2.95 bits per heavy atom. The lowest BCUT2D eigenvalue weighted by atomic mass is 9.97. The minimum atomic E-state index is 0.256. The van der Waals surface area contributed by atoms with Gasteiger partial charge >= 0.3 is 0 Å². The van der Waals surface area contributed by atoms with Crippen molar-refractivity contribution in [2.24, 2.45) is 0 Å². The van der Waals surface area contributed by atoms with E-state index in [2.05, 4.69) is 30.9 Å². The van der Waals surface area contributed by atoms with Crippen LogP contribution in [0.1, 0.15) is 41.9 Å². The van der Waals surface area contributed by atoms with Crippen LogP contribution in [-0.4, -0.2) is 34.5 Å². The summed E-state index contributed by atoms with van der Waals surface area (Å²) in [6, 6.07) is 0.256. The quantitative estimate of drug-likeness (QED) is 0.882. The monoisotopic (exact) mass is 368 g/mol. The van der Waals surface area contributed by atoms with Crippen molar-refractivity contribution >= 4 is 33.1 Å². The zero-order valence-corrected chi connectivity index (χ0v) is 14.0. The number of rotatable bonds is 2. The van der Waals surface area contributed by atoms with Gasteiger partial charge in [0.05, 0.1) is 10.2 Å². The van der Waals surface area contributed by atoms with Crippen LogP contribution < -0.4 is 5.32 Å². The number of thiazole rings is 1. The molecule has 4 heterocycles. The fourth-order valence-corrected chi connectivity index (χ4v) is 4.61. The van der Waals surface area contributed by atoms with Gasteiger partial charge in [-0.1, -0.05) is 0 Å². The molecule has 0 bridgehead atoms. The molecule has 2 aliphatic rings. The normalized spacial score (nSPS) is 22.8. The molecule has 1 N–H and O–H groups in total. The van der Waals surface area contributed by atoms with E-state index in [-0.39, 0.29) is 6.04 Å². The molecule has 1 fully saturated rings. The Morgan fingerprint density at radius 1 is 1.33 bits per heavy atom. The maximum absolute atomic E-state index is 5.47. The number of anilines is 1. The van der Waals surface area contributed by atoms with Crippen LogP contribution in [0.15, 0.2) is 16.0 Å². The van der Waals surface area contributed by atoms with Crippen molar-refractivity contribution in [3.8, 4) is 0 Å². The van der Waals surface area contributed by atoms with Crippen molar-refractivity contribution in [2.45, 2.75) is 31.2 Å². The van der Waals surface area contributed by atoms with Crippen LogP contribution in [0.25, 0.3) is 0 Å². The summed E-state index contributed by atoms with van der Waals surface area (Å²) in [6.07, 6.45) is 5.01. The summed E-state index contributed by atoms with van der Waals surface area (Å²) in [4.78, 5) is 4.48. The Kier molecular flexibility index (Phi) is 3.72. The van der Waals surface area contributed by atoms with Crippen molar-refractivity contribution < 1.29 is 4.74 Å². The fourth-order valence-electron chi connectivity index (χ4n) is 3.12. The first kappa shape index (κ1) is 13.7. The van der Waals surface area contributed by atoms with Crippen LogP contribution in [0.4, 0.5) is 5.82 Å². The molecule has 0 saturated carbocycles. The number of ether oxygens (including phenoxy) is 1. The predicted octanol–water partition coefficient (Wildman–Crippen LogP) is 3.40. The number of halogens is 1. The van der Waals surface area contributed by atoms with E-state index in [0.717, 1.165) is 54.3 Å². The van der Waals surface area contributed by atoms with Gasteiger partial charge in [-0.25, -0.2) is 9.67 Å². The van der Waals surface area contributed by atoms with Gasteiger partial charge < -0.3 is 10.1 Å². The molecule has 0 aromatic carbocycles. The summed E-state index contributed by atoms with van der Waals surface area (Å²) in [6.45, 7) is 2.63. The maximum atomic E-state index is 5.47. The van der Waals surface area contributed by atoms with Gasteiger partial charge in [-0.3, -0.25) is 0 Å². The first-order valence-electron chi connectivity index (χ1n) is 7.33. The number of nitrogens with one attached hydrogen (secondary N) is 1. The molecular weight excluding hydrogens is 352 g/mol. The zero-order chi connectivity index (χ0) is 14.2.